The molecule has 4 heterocycles. The first-order chi connectivity index (χ1) is 15.1. The van der Waals surface area contributed by atoms with Gasteiger partial charge in [0.1, 0.15) is 5.69 Å². The number of nitrogens with zero attached hydrogens (tertiary/aromatic N) is 5. The zero-order valence-electron chi connectivity index (χ0n) is 17.6. The van der Waals surface area contributed by atoms with Crippen molar-refractivity contribution in [1.82, 2.24) is 29.0 Å². The van der Waals surface area contributed by atoms with Crippen molar-refractivity contribution in [2.45, 2.75) is 31.5 Å². The molecule has 1 aliphatic rings. The van der Waals surface area contributed by atoms with E-state index in [4.69, 9.17) is 0 Å². The van der Waals surface area contributed by atoms with E-state index in [9.17, 15) is 4.79 Å². The highest BCUT2D eigenvalue weighted by molar-refractivity contribution is 7.97. The summed E-state index contributed by atoms with van der Waals surface area (Å²) in [6.45, 7) is 5.17. The molecule has 0 radical (unpaired) electrons. The lowest BCUT2D eigenvalue weighted by Crippen LogP contribution is -2.28. The van der Waals surface area contributed by atoms with Crippen LogP contribution >= 0.6 is 11.9 Å². The lowest BCUT2D eigenvalue weighted by molar-refractivity contribution is 0.0942. The number of carbonyl (C=O) groups excluding carboxylic acids is 1. The molecule has 0 bridgehead atoms. The van der Waals surface area contributed by atoms with Crippen molar-refractivity contribution >= 4 is 28.8 Å². The van der Waals surface area contributed by atoms with Crippen LogP contribution in [0.4, 0.5) is 0 Å². The smallest absolute Gasteiger partial charge is 0.268 e. The fraction of sp³-hybridized carbons (Fsp3) is 0.261. The summed E-state index contributed by atoms with van der Waals surface area (Å²) in [5.41, 5.74) is 4.97. The third kappa shape index (κ3) is 3.84. The number of rotatable bonds is 5. The Kier molecular flexibility index (Phi) is 5.25. The van der Waals surface area contributed by atoms with Gasteiger partial charge < -0.3 is 9.88 Å². The van der Waals surface area contributed by atoms with Crippen LogP contribution in [0.5, 0.6) is 0 Å². The second kappa shape index (κ2) is 8.20. The van der Waals surface area contributed by atoms with Gasteiger partial charge in [-0.1, -0.05) is 18.2 Å². The van der Waals surface area contributed by atoms with Gasteiger partial charge in [0.15, 0.2) is 0 Å². The van der Waals surface area contributed by atoms with Crippen molar-refractivity contribution in [1.29, 1.82) is 0 Å². The highest BCUT2D eigenvalue weighted by atomic mass is 32.2. The Morgan fingerprint density at radius 1 is 1.16 bits per heavy atom. The van der Waals surface area contributed by atoms with Gasteiger partial charge in [0.2, 0.25) is 0 Å². The first-order valence-electron chi connectivity index (χ1n) is 10.3. The molecular weight excluding hydrogens is 408 g/mol. The van der Waals surface area contributed by atoms with E-state index in [-0.39, 0.29) is 5.91 Å². The van der Waals surface area contributed by atoms with Crippen LogP contribution in [0.25, 0.3) is 10.9 Å². The monoisotopic (exact) mass is 432 g/mol. The van der Waals surface area contributed by atoms with E-state index < -0.39 is 0 Å². The maximum absolute atomic E-state index is 13.0. The number of aromatic nitrogens is 4. The third-order valence-electron chi connectivity index (χ3n) is 5.83. The number of hydrogen-bond acceptors (Lipinski definition) is 5. The van der Waals surface area contributed by atoms with Gasteiger partial charge in [-0.15, -0.1) is 0 Å². The molecule has 1 aliphatic heterocycles. The van der Waals surface area contributed by atoms with Crippen molar-refractivity contribution in [3.8, 4) is 0 Å². The van der Waals surface area contributed by atoms with Gasteiger partial charge in [-0.2, -0.15) is 5.10 Å². The van der Waals surface area contributed by atoms with E-state index in [0.717, 1.165) is 46.7 Å². The van der Waals surface area contributed by atoms with Crippen LogP contribution in [-0.4, -0.2) is 36.1 Å². The number of nitrogens with one attached hydrogen (secondary N) is 1. The summed E-state index contributed by atoms with van der Waals surface area (Å²) in [4.78, 5) is 18.5. The molecule has 0 fully saturated rings. The number of fused-ring (bicyclic) bond motifs is 2. The zero-order chi connectivity index (χ0) is 21.4. The van der Waals surface area contributed by atoms with Crippen LogP contribution in [0, 0.1) is 6.92 Å². The Hall–Kier alpha value is -3.10. The molecule has 4 aromatic rings. The summed E-state index contributed by atoms with van der Waals surface area (Å²) in [5.74, 6) is -0.0740. The molecule has 0 saturated carbocycles. The Balaban J connectivity index is 1.30. The Morgan fingerprint density at radius 2 is 2.06 bits per heavy atom. The van der Waals surface area contributed by atoms with Crippen LogP contribution in [0.2, 0.25) is 0 Å². The fourth-order valence-electron chi connectivity index (χ4n) is 3.95. The first-order valence-corrected chi connectivity index (χ1v) is 11.1. The average Bonchev–Trinajstić information content (AvgIpc) is 3.37. The molecule has 0 unspecified atom stereocenters. The zero-order valence-corrected chi connectivity index (χ0v) is 18.4. The largest absolute Gasteiger partial charge is 0.347 e. The predicted octanol–water partition coefficient (Wildman–Crippen LogP) is 3.53. The van der Waals surface area contributed by atoms with Crippen LogP contribution in [-0.2, 0) is 26.7 Å². The van der Waals surface area contributed by atoms with Crippen LogP contribution in [0.15, 0.2) is 59.8 Å². The molecule has 1 N–H and O–H groups in total. The van der Waals surface area contributed by atoms with Crippen molar-refractivity contribution in [2.75, 3.05) is 6.54 Å². The standard InChI is InChI=1S/C23H24N6OS/c1-16-22(31-28-11-12-29-18(15-28)8-10-26-29)13-21(27(16)2)23(30)25-14-17-5-3-7-20-19(17)6-4-9-24-20/h3-10,13H,11-12,14-15H2,1-2H3,(H,25,30). The number of benzene rings is 1. The van der Waals surface area contributed by atoms with Gasteiger partial charge >= 0.3 is 0 Å². The quantitative estimate of drug-likeness (QED) is 0.489. The Bertz CT molecular complexity index is 1250. The Morgan fingerprint density at radius 3 is 2.97 bits per heavy atom. The molecule has 7 nitrogen and oxygen atoms in total. The molecule has 0 saturated heterocycles. The lowest BCUT2D eigenvalue weighted by atomic mass is 10.1. The fourth-order valence-corrected chi connectivity index (χ4v) is 5.03. The van der Waals surface area contributed by atoms with Crippen molar-refractivity contribution < 1.29 is 4.79 Å². The summed E-state index contributed by atoms with van der Waals surface area (Å²) in [5, 5.41) is 8.49. The second-order valence-corrected chi connectivity index (χ2v) is 8.85. The van der Waals surface area contributed by atoms with Gasteiger partial charge in [0, 0.05) is 48.5 Å². The normalized spacial score (nSPS) is 14.0. The molecule has 5 rings (SSSR count). The minimum atomic E-state index is -0.0740. The van der Waals surface area contributed by atoms with Gasteiger partial charge in [-0.05, 0) is 48.7 Å². The third-order valence-corrected chi connectivity index (χ3v) is 7.01. The van der Waals surface area contributed by atoms with Gasteiger partial charge in [0.25, 0.3) is 5.91 Å². The minimum Gasteiger partial charge on any atom is -0.347 e. The molecule has 158 valence electrons. The number of amides is 1. The molecule has 31 heavy (non-hydrogen) atoms. The van der Waals surface area contributed by atoms with Gasteiger partial charge in [0.05, 0.1) is 24.3 Å². The van der Waals surface area contributed by atoms with E-state index in [1.165, 1.54) is 5.69 Å². The summed E-state index contributed by atoms with van der Waals surface area (Å²) in [7, 11) is 1.95. The average molecular weight is 433 g/mol. The topological polar surface area (TPSA) is 68.0 Å². The van der Waals surface area contributed by atoms with Crippen LogP contribution < -0.4 is 5.32 Å². The molecule has 8 heteroatoms. The van der Waals surface area contributed by atoms with E-state index >= 15 is 0 Å². The maximum Gasteiger partial charge on any atom is 0.268 e. The van der Waals surface area contributed by atoms with E-state index in [1.807, 2.05) is 54.2 Å². The summed E-state index contributed by atoms with van der Waals surface area (Å²) in [6, 6.07) is 14.0. The summed E-state index contributed by atoms with van der Waals surface area (Å²) >= 11 is 1.71. The molecule has 1 amide bonds. The van der Waals surface area contributed by atoms with Gasteiger partial charge in [-0.25, -0.2) is 4.31 Å². The van der Waals surface area contributed by atoms with Gasteiger partial charge in [-0.3, -0.25) is 14.5 Å². The molecular formula is C23H24N6OS. The van der Waals surface area contributed by atoms with E-state index in [0.29, 0.717) is 12.2 Å². The van der Waals surface area contributed by atoms with E-state index in [2.05, 4.69) is 37.4 Å². The predicted molar refractivity (Wildman–Crippen MR) is 122 cm³/mol. The van der Waals surface area contributed by atoms with E-state index in [1.54, 1.807) is 18.1 Å². The number of carbonyl (C=O) groups is 1. The maximum atomic E-state index is 13.0. The summed E-state index contributed by atoms with van der Waals surface area (Å²) < 4.78 is 6.34. The molecule has 0 atom stereocenters. The van der Waals surface area contributed by atoms with Crippen LogP contribution in [0.3, 0.4) is 0 Å². The van der Waals surface area contributed by atoms with Crippen LogP contribution in [0.1, 0.15) is 27.4 Å². The Labute approximate surface area is 185 Å². The molecule has 0 spiro atoms. The minimum absolute atomic E-state index is 0.0740. The van der Waals surface area contributed by atoms with Crippen molar-refractivity contribution in [2.24, 2.45) is 7.05 Å². The van der Waals surface area contributed by atoms with Crippen molar-refractivity contribution in [3.05, 3.63) is 77.5 Å². The SMILES string of the molecule is Cc1c(SN2CCn3nccc3C2)cc(C(=O)NCc2cccc3ncccc23)n1C. The highest BCUT2D eigenvalue weighted by Crippen LogP contribution is 2.31. The number of hydrogen-bond donors (Lipinski definition) is 1. The molecule has 1 aromatic carbocycles. The second-order valence-electron chi connectivity index (χ2n) is 7.71. The number of pyridine rings is 1. The molecule has 3 aromatic heterocycles. The molecule has 0 aliphatic carbocycles. The summed E-state index contributed by atoms with van der Waals surface area (Å²) in [6.07, 6.45) is 3.64. The first kappa shape index (κ1) is 19.8. The van der Waals surface area contributed by atoms with Crippen molar-refractivity contribution in [3.63, 3.8) is 0 Å². The highest BCUT2D eigenvalue weighted by Gasteiger charge is 2.21. The lowest BCUT2D eigenvalue weighted by Gasteiger charge is -2.26.